The van der Waals surface area contributed by atoms with E-state index in [0.717, 1.165) is 6.42 Å². The summed E-state index contributed by atoms with van der Waals surface area (Å²) in [6.45, 7) is 5.35. The maximum Gasteiger partial charge on any atom is 0.341 e. The largest absolute Gasteiger partial charge is 0.449 e. The highest BCUT2D eigenvalue weighted by atomic mass is 35.5. The minimum Gasteiger partial charge on any atom is -0.449 e. The predicted octanol–water partition coefficient (Wildman–Crippen LogP) is 2.38. The van der Waals surface area contributed by atoms with E-state index in [4.69, 9.17) is 22.1 Å². The molecule has 0 aliphatic rings. The molecule has 0 aliphatic heterocycles. The van der Waals surface area contributed by atoms with E-state index in [0.29, 0.717) is 5.02 Å². The van der Waals surface area contributed by atoms with E-state index in [2.05, 4.69) is 5.32 Å². The highest BCUT2D eigenvalue weighted by Crippen LogP contribution is 2.19. The summed E-state index contributed by atoms with van der Waals surface area (Å²) in [6.07, 6.45) is -0.0807. The van der Waals surface area contributed by atoms with Gasteiger partial charge in [-0.05, 0) is 38.5 Å². The third kappa shape index (κ3) is 4.42. The normalized spacial score (nSPS) is 13.4. The number of anilines is 1. The number of ether oxygens (including phenoxy) is 1. The third-order valence-electron chi connectivity index (χ3n) is 2.89. The molecule has 0 saturated heterocycles. The first-order chi connectivity index (χ1) is 9.35. The summed E-state index contributed by atoms with van der Waals surface area (Å²) in [5.74, 6) is -0.980. The van der Waals surface area contributed by atoms with Crippen molar-refractivity contribution in [3.8, 4) is 0 Å². The van der Waals surface area contributed by atoms with Crippen LogP contribution >= 0.6 is 11.6 Å². The van der Waals surface area contributed by atoms with E-state index in [-0.39, 0.29) is 23.2 Å². The Morgan fingerprint density at radius 1 is 1.40 bits per heavy atom. The zero-order valence-electron chi connectivity index (χ0n) is 11.8. The molecule has 0 saturated carbocycles. The van der Waals surface area contributed by atoms with Gasteiger partial charge in [-0.25, -0.2) is 4.79 Å². The van der Waals surface area contributed by atoms with E-state index in [1.165, 1.54) is 19.1 Å². The van der Waals surface area contributed by atoms with Gasteiger partial charge in [0.15, 0.2) is 6.10 Å². The van der Waals surface area contributed by atoms with E-state index in [1.807, 2.05) is 13.8 Å². The van der Waals surface area contributed by atoms with E-state index in [9.17, 15) is 9.59 Å². The molecule has 1 aromatic rings. The van der Waals surface area contributed by atoms with Crippen molar-refractivity contribution in [1.29, 1.82) is 0 Å². The molecule has 5 nitrogen and oxygen atoms in total. The number of rotatable bonds is 5. The molecule has 1 aromatic carbocycles. The van der Waals surface area contributed by atoms with Crippen LogP contribution in [0.25, 0.3) is 0 Å². The van der Waals surface area contributed by atoms with Gasteiger partial charge in [0.25, 0.3) is 5.91 Å². The van der Waals surface area contributed by atoms with Gasteiger partial charge in [-0.3, -0.25) is 4.79 Å². The van der Waals surface area contributed by atoms with Gasteiger partial charge >= 0.3 is 5.97 Å². The predicted molar refractivity (Wildman–Crippen MR) is 78.6 cm³/mol. The Balaban J connectivity index is 2.68. The Bertz CT molecular complexity index is 505. The molecule has 0 aliphatic carbocycles. The molecule has 6 heteroatoms. The monoisotopic (exact) mass is 298 g/mol. The second-order valence-corrected chi connectivity index (χ2v) is 5.03. The van der Waals surface area contributed by atoms with E-state index in [1.54, 1.807) is 6.07 Å². The SMILES string of the molecule is CCC(C)NC(=O)C(C)OC(=O)c1ccc(Cl)cc1N. The van der Waals surface area contributed by atoms with Crippen molar-refractivity contribution >= 4 is 29.2 Å². The number of carbonyl (C=O) groups excluding carboxylic acids is 2. The number of carbonyl (C=O) groups is 2. The van der Waals surface area contributed by atoms with Crippen LogP contribution in [0.15, 0.2) is 18.2 Å². The second-order valence-electron chi connectivity index (χ2n) is 4.60. The molecule has 20 heavy (non-hydrogen) atoms. The van der Waals surface area contributed by atoms with Gasteiger partial charge in [0.05, 0.1) is 5.56 Å². The van der Waals surface area contributed by atoms with Crippen LogP contribution in [0, 0.1) is 0 Å². The van der Waals surface area contributed by atoms with Gasteiger partial charge in [-0.1, -0.05) is 18.5 Å². The van der Waals surface area contributed by atoms with Crippen LogP contribution in [-0.4, -0.2) is 24.0 Å². The number of hydrogen-bond donors (Lipinski definition) is 2. The first kappa shape index (κ1) is 16.3. The summed E-state index contributed by atoms with van der Waals surface area (Å²) in [4.78, 5) is 23.7. The topological polar surface area (TPSA) is 81.4 Å². The zero-order valence-corrected chi connectivity index (χ0v) is 12.5. The minimum atomic E-state index is -0.883. The average Bonchev–Trinajstić information content (AvgIpc) is 2.37. The lowest BCUT2D eigenvalue weighted by Crippen LogP contribution is -2.40. The number of amides is 1. The highest BCUT2D eigenvalue weighted by Gasteiger charge is 2.21. The molecule has 1 amide bonds. The second kappa shape index (κ2) is 7.14. The third-order valence-corrected chi connectivity index (χ3v) is 3.12. The summed E-state index contributed by atoms with van der Waals surface area (Å²) in [6, 6.07) is 4.50. The van der Waals surface area contributed by atoms with Gasteiger partial charge < -0.3 is 15.8 Å². The van der Waals surface area contributed by atoms with Crippen LogP contribution in [0.3, 0.4) is 0 Å². The molecule has 1 rings (SSSR count). The molecule has 0 radical (unpaired) electrons. The zero-order chi connectivity index (χ0) is 15.3. The molecule has 0 bridgehead atoms. The van der Waals surface area contributed by atoms with Gasteiger partial charge in [0.2, 0.25) is 0 Å². The molecular formula is C14H19ClN2O3. The fourth-order valence-corrected chi connectivity index (χ4v) is 1.64. The van der Waals surface area contributed by atoms with Crippen LogP contribution in [0.2, 0.25) is 5.02 Å². The van der Waals surface area contributed by atoms with Crippen molar-refractivity contribution in [1.82, 2.24) is 5.32 Å². The van der Waals surface area contributed by atoms with Crippen LogP contribution in [0.5, 0.6) is 0 Å². The van der Waals surface area contributed by atoms with Crippen molar-refractivity contribution in [2.75, 3.05) is 5.73 Å². The van der Waals surface area contributed by atoms with Gasteiger partial charge in [0.1, 0.15) is 0 Å². The molecule has 3 N–H and O–H groups in total. The standard InChI is InChI=1S/C14H19ClN2O3/c1-4-8(2)17-13(18)9(3)20-14(19)11-6-5-10(15)7-12(11)16/h5-9H,4,16H2,1-3H3,(H,17,18). The van der Waals surface area contributed by atoms with Crippen molar-refractivity contribution in [3.63, 3.8) is 0 Å². The Morgan fingerprint density at radius 2 is 2.05 bits per heavy atom. The highest BCUT2D eigenvalue weighted by molar-refractivity contribution is 6.31. The Hall–Kier alpha value is -1.75. The van der Waals surface area contributed by atoms with E-state index < -0.39 is 12.1 Å². The molecule has 2 unspecified atom stereocenters. The Kier molecular flexibility index (Phi) is 5.82. The van der Waals surface area contributed by atoms with Crippen LogP contribution in [-0.2, 0) is 9.53 Å². The fourth-order valence-electron chi connectivity index (χ4n) is 1.46. The van der Waals surface area contributed by atoms with Crippen molar-refractivity contribution in [2.24, 2.45) is 0 Å². The maximum atomic E-state index is 11.9. The summed E-state index contributed by atoms with van der Waals surface area (Å²) in [5, 5.41) is 3.17. The first-order valence-electron chi connectivity index (χ1n) is 6.41. The summed E-state index contributed by atoms with van der Waals surface area (Å²) in [7, 11) is 0. The molecule has 0 aromatic heterocycles. The number of hydrogen-bond acceptors (Lipinski definition) is 4. The lowest BCUT2D eigenvalue weighted by Gasteiger charge is -2.17. The molecule has 110 valence electrons. The number of benzene rings is 1. The van der Waals surface area contributed by atoms with Gasteiger partial charge in [-0.2, -0.15) is 0 Å². The number of nitrogens with two attached hydrogens (primary N) is 1. The van der Waals surface area contributed by atoms with E-state index >= 15 is 0 Å². The Labute approximate surface area is 123 Å². The van der Waals surface area contributed by atoms with Crippen LogP contribution in [0.1, 0.15) is 37.6 Å². The molecule has 0 spiro atoms. The number of halogens is 1. The number of nitrogen functional groups attached to an aromatic ring is 1. The van der Waals surface area contributed by atoms with Crippen LogP contribution in [0.4, 0.5) is 5.69 Å². The lowest BCUT2D eigenvalue weighted by molar-refractivity contribution is -0.129. The molecular weight excluding hydrogens is 280 g/mol. The smallest absolute Gasteiger partial charge is 0.341 e. The van der Waals surface area contributed by atoms with Crippen molar-refractivity contribution in [2.45, 2.75) is 39.3 Å². The summed E-state index contributed by atoms with van der Waals surface area (Å²) < 4.78 is 5.09. The fraction of sp³-hybridized carbons (Fsp3) is 0.429. The van der Waals surface area contributed by atoms with Gasteiger partial charge in [-0.15, -0.1) is 0 Å². The summed E-state index contributed by atoms with van der Waals surface area (Å²) in [5.41, 5.74) is 6.10. The first-order valence-corrected chi connectivity index (χ1v) is 6.79. The number of nitrogens with one attached hydrogen (secondary N) is 1. The average molecular weight is 299 g/mol. The minimum absolute atomic E-state index is 0.0317. The quantitative estimate of drug-likeness (QED) is 0.646. The van der Waals surface area contributed by atoms with Gasteiger partial charge in [0, 0.05) is 16.8 Å². The molecule has 0 heterocycles. The molecule has 2 atom stereocenters. The van der Waals surface area contributed by atoms with Crippen molar-refractivity contribution in [3.05, 3.63) is 28.8 Å². The Morgan fingerprint density at radius 3 is 2.60 bits per heavy atom. The summed E-state index contributed by atoms with van der Waals surface area (Å²) >= 11 is 5.75. The maximum absolute atomic E-state index is 11.9. The lowest BCUT2D eigenvalue weighted by atomic mass is 10.2. The number of esters is 1. The van der Waals surface area contributed by atoms with Crippen LogP contribution < -0.4 is 11.1 Å². The van der Waals surface area contributed by atoms with Crippen molar-refractivity contribution < 1.29 is 14.3 Å². The molecule has 0 fully saturated rings.